The predicted octanol–water partition coefficient (Wildman–Crippen LogP) is 1.16. The number of aliphatic hydroxyl groups is 1. The van der Waals surface area contributed by atoms with Crippen molar-refractivity contribution in [3.8, 4) is 11.5 Å². The smallest absolute Gasteiger partial charge is 0.340 e. The molecule has 1 aromatic heterocycles. The number of hydrogen-bond donors (Lipinski definition) is 2. The third-order valence-corrected chi connectivity index (χ3v) is 3.73. The minimum Gasteiger partial charge on any atom is -0.493 e. The molecule has 24 heavy (non-hydrogen) atoms. The Labute approximate surface area is 139 Å². The molecule has 1 amide bonds. The maximum absolute atomic E-state index is 12.3. The largest absolute Gasteiger partial charge is 0.493 e. The van der Waals surface area contributed by atoms with E-state index in [1.165, 1.54) is 14.2 Å². The molecule has 1 atom stereocenters. The molecule has 1 aromatic carbocycles. The Morgan fingerprint density at radius 3 is 2.62 bits per heavy atom. The Hall–Kier alpha value is -2.54. The van der Waals surface area contributed by atoms with Crippen molar-refractivity contribution < 1.29 is 23.8 Å². The first-order valence-corrected chi connectivity index (χ1v) is 7.51. The summed E-state index contributed by atoms with van der Waals surface area (Å²) in [6.07, 6.45) is -0.773. The van der Waals surface area contributed by atoms with Crippen molar-refractivity contribution in [2.45, 2.75) is 26.4 Å². The lowest BCUT2D eigenvalue weighted by atomic mass is 10.0. The first-order chi connectivity index (χ1) is 11.4. The second-order valence-electron chi connectivity index (χ2n) is 5.50. The zero-order valence-corrected chi connectivity index (χ0v) is 14.1. The molecule has 7 heteroatoms. The summed E-state index contributed by atoms with van der Waals surface area (Å²) in [7, 11) is 2.96. The minimum atomic E-state index is -0.653. The van der Waals surface area contributed by atoms with Gasteiger partial charge in [0.05, 0.1) is 32.3 Å². The van der Waals surface area contributed by atoms with Crippen LogP contribution in [-0.4, -0.2) is 37.9 Å². The second kappa shape index (κ2) is 7.35. The van der Waals surface area contributed by atoms with Gasteiger partial charge >= 0.3 is 5.63 Å². The SMILES string of the molecule is COc1ccc2c(C)c(CC(=O)NC[C@@H](C)O)c(=O)oc2c1OC. The first-order valence-electron chi connectivity index (χ1n) is 7.51. The van der Waals surface area contributed by atoms with Crippen LogP contribution in [0.2, 0.25) is 0 Å². The molecule has 0 saturated heterocycles. The molecule has 0 aliphatic heterocycles. The average molecular weight is 335 g/mol. The molecular formula is C17H21NO6. The van der Waals surface area contributed by atoms with Crippen molar-refractivity contribution in [3.05, 3.63) is 33.7 Å². The molecule has 0 radical (unpaired) electrons. The molecule has 0 aliphatic rings. The van der Waals surface area contributed by atoms with Crippen LogP contribution in [-0.2, 0) is 11.2 Å². The monoisotopic (exact) mass is 335 g/mol. The van der Waals surface area contributed by atoms with E-state index in [1.807, 2.05) is 0 Å². The number of methoxy groups -OCH3 is 2. The number of fused-ring (bicyclic) bond motifs is 1. The van der Waals surface area contributed by atoms with Crippen molar-refractivity contribution in [2.75, 3.05) is 20.8 Å². The Balaban J connectivity index is 2.47. The maximum atomic E-state index is 12.3. The van der Waals surface area contributed by atoms with Gasteiger partial charge in [-0.2, -0.15) is 0 Å². The van der Waals surface area contributed by atoms with Crippen molar-refractivity contribution in [1.29, 1.82) is 0 Å². The summed E-state index contributed by atoms with van der Waals surface area (Å²) in [6.45, 7) is 3.44. The zero-order chi connectivity index (χ0) is 17.9. The van der Waals surface area contributed by atoms with Gasteiger partial charge in [-0.1, -0.05) is 0 Å². The van der Waals surface area contributed by atoms with Gasteiger partial charge in [0, 0.05) is 11.9 Å². The van der Waals surface area contributed by atoms with Crippen LogP contribution in [0.25, 0.3) is 11.0 Å². The molecule has 2 rings (SSSR count). The molecule has 0 bridgehead atoms. The van der Waals surface area contributed by atoms with E-state index in [0.717, 1.165) is 0 Å². The van der Waals surface area contributed by atoms with Crippen molar-refractivity contribution in [1.82, 2.24) is 5.32 Å². The van der Waals surface area contributed by atoms with Crippen LogP contribution in [0.3, 0.4) is 0 Å². The number of rotatable bonds is 6. The summed E-state index contributed by atoms with van der Waals surface area (Å²) in [6, 6.07) is 3.47. The average Bonchev–Trinajstić information content (AvgIpc) is 2.55. The lowest BCUT2D eigenvalue weighted by Crippen LogP contribution is -2.33. The van der Waals surface area contributed by atoms with Gasteiger partial charge in [-0.3, -0.25) is 4.79 Å². The molecule has 0 fully saturated rings. The number of aliphatic hydroxyl groups excluding tert-OH is 1. The third kappa shape index (κ3) is 3.51. The molecule has 1 heterocycles. The number of aryl methyl sites for hydroxylation is 1. The Morgan fingerprint density at radius 1 is 1.33 bits per heavy atom. The first kappa shape index (κ1) is 17.8. The third-order valence-electron chi connectivity index (χ3n) is 3.73. The van der Waals surface area contributed by atoms with Crippen molar-refractivity contribution in [3.63, 3.8) is 0 Å². The molecule has 0 spiro atoms. The molecule has 2 aromatic rings. The summed E-state index contributed by atoms with van der Waals surface area (Å²) in [5.74, 6) is 0.432. The van der Waals surface area contributed by atoms with E-state index in [2.05, 4.69) is 5.32 Å². The highest BCUT2D eigenvalue weighted by Gasteiger charge is 2.19. The van der Waals surface area contributed by atoms with Gasteiger partial charge in [0.1, 0.15) is 0 Å². The fourth-order valence-electron chi connectivity index (χ4n) is 2.45. The highest BCUT2D eigenvalue weighted by Crippen LogP contribution is 2.36. The van der Waals surface area contributed by atoms with Crippen LogP contribution in [0.4, 0.5) is 0 Å². The molecule has 0 unspecified atom stereocenters. The normalized spacial score (nSPS) is 12.0. The zero-order valence-electron chi connectivity index (χ0n) is 14.1. The molecular weight excluding hydrogens is 314 g/mol. The molecule has 0 aliphatic carbocycles. The van der Waals surface area contributed by atoms with Crippen molar-refractivity contribution in [2.24, 2.45) is 0 Å². The lowest BCUT2D eigenvalue weighted by molar-refractivity contribution is -0.120. The Kier molecular flexibility index (Phi) is 5.46. The number of amides is 1. The number of ether oxygens (including phenoxy) is 2. The van der Waals surface area contributed by atoms with Gasteiger partial charge in [-0.15, -0.1) is 0 Å². The number of carbonyl (C=O) groups excluding carboxylic acids is 1. The van der Waals surface area contributed by atoms with E-state index in [1.54, 1.807) is 26.0 Å². The van der Waals surface area contributed by atoms with E-state index in [9.17, 15) is 14.7 Å². The molecule has 0 saturated carbocycles. The number of nitrogens with one attached hydrogen (secondary N) is 1. The van der Waals surface area contributed by atoms with E-state index >= 15 is 0 Å². The maximum Gasteiger partial charge on any atom is 0.340 e. The summed E-state index contributed by atoms with van der Waals surface area (Å²) < 4.78 is 15.9. The van der Waals surface area contributed by atoms with Crippen LogP contribution in [0.15, 0.2) is 21.3 Å². The van der Waals surface area contributed by atoms with Gasteiger partial charge in [0.25, 0.3) is 0 Å². The lowest BCUT2D eigenvalue weighted by Gasteiger charge is -2.13. The van der Waals surface area contributed by atoms with E-state index < -0.39 is 11.7 Å². The van der Waals surface area contributed by atoms with Crippen LogP contribution in [0, 0.1) is 6.92 Å². The van der Waals surface area contributed by atoms with Gasteiger partial charge in [-0.25, -0.2) is 4.79 Å². The van der Waals surface area contributed by atoms with E-state index in [4.69, 9.17) is 13.9 Å². The molecule has 130 valence electrons. The van der Waals surface area contributed by atoms with Crippen LogP contribution in [0.1, 0.15) is 18.1 Å². The van der Waals surface area contributed by atoms with Gasteiger partial charge in [0.2, 0.25) is 11.7 Å². The van der Waals surface area contributed by atoms with Crippen molar-refractivity contribution >= 4 is 16.9 Å². The Morgan fingerprint density at radius 2 is 2.04 bits per heavy atom. The number of hydrogen-bond acceptors (Lipinski definition) is 6. The fraction of sp³-hybridized carbons (Fsp3) is 0.412. The second-order valence-corrected chi connectivity index (χ2v) is 5.50. The Bertz CT molecular complexity index is 809. The standard InChI is InChI=1S/C17H21NO6/c1-9(19)8-18-14(20)7-12-10(2)11-5-6-13(22-3)16(23-4)15(11)24-17(12)21/h5-6,9,19H,7-8H2,1-4H3,(H,18,20)/t9-/m1/s1. The summed E-state index contributed by atoms with van der Waals surface area (Å²) in [5, 5.41) is 12.4. The summed E-state index contributed by atoms with van der Waals surface area (Å²) >= 11 is 0. The van der Waals surface area contributed by atoms with Gasteiger partial charge in [-0.05, 0) is 31.5 Å². The topological polar surface area (TPSA) is 98.0 Å². The van der Waals surface area contributed by atoms with Crippen LogP contribution >= 0.6 is 0 Å². The van der Waals surface area contributed by atoms with E-state index in [-0.39, 0.29) is 30.0 Å². The van der Waals surface area contributed by atoms with Crippen LogP contribution in [0.5, 0.6) is 11.5 Å². The van der Waals surface area contributed by atoms with E-state index in [0.29, 0.717) is 22.4 Å². The fourth-order valence-corrected chi connectivity index (χ4v) is 2.45. The predicted molar refractivity (Wildman–Crippen MR) is 88.7 cm³/mol. The minimum absolute atomic E-state index is 0.120. The van der Waals surface area contributed by atoms with Crippen LogP contribution < -0.4 is 20.4 Å². The molecule has 7 nitrogen and oxygen atoms in total. The molecule has 2 N–H and O–H groups in total. The summed E-state index contributed by atoms with van der Waals surface area (Å²) in [4.78, 5) is 24.2. The van der Waals surface area contributed by atoms with Gasteiger partial charge < -0.3 is 24.3 Å². The van der Waals surface area contributed by atoms with Gasteiger partial charge in [0.15, 0.2) is 11.3 Å². The number of carbonyl (C=O) groups is 1. The highest BCUT2D eigenvalue weighted by molar-refractivity contribution is 5.89. The number of benzene rings is 1. The highest BCUT2D eigenvalue weighted by atomic mass is 16.5. The quantitative estimate of drug-likeness (QED) is 0.769. The summed E-state index contributed by atoms with van der Waals surface area (Å²) in [5.41, 5.74) is 0.610.